The summed E-state index contributed by atoms with van der Waals surface area (Å²) in [6, 6.07) is 39.7. The number of carboxylic acids is 3. The maximum atomic E-state index is 12.7. The number of benzene rings is 6. The van der Waals surface area contributed by atoms with Gasteiger partial charge in [-0.1, -0.05) is 125 Å². The van der Waals surface area contributed by atoms with E-state index in [0.29, 0.717) is 64.6 Å². The number of carbonyl (C=O) groups excluding carboxylic acids is 4. The molecular weight excluding hydrogens is 1120 g/mol. The van der Waals surface area contributed by atoms with Crippen LogP contribution in [0.15, 0.2) is 144 Å². The minimum absolute atomic E-state index is 0. The van der Waals surface area contributed by atoms with Crippen molar-refractivity contribution < 1.29 is 78.2 Å². The van der Waals surface area contributed by atoms with Crippen molar-refractivity contribution in [3.63, 3.8) is 0 Å². The third-order valence-corrected chi connectivity index (χ3v) is 10.7. The van der Waals surface area contributed by atoms with Crippen molar-refractivity contribution in [1.29, 1.82) is 0 Å². The number of nitrogens with one attached hydrogen (secondary N) is 2. The molecule has 0 bridgehead atoms. The average Bonchev–Trinajstić information content (AvgIpc) is 3.77. The SMILES string of the molecule is CC(=O)[O-].O=C(O)Cc1ccc(Cl)cc1.O=C(O)c1c(-c2ccc(Cl)cc2)c(=O)[nH]c2ccccc12.O=C1Nc2ccccc2C1=O.O=C1c2cc(Cl)ccc2-c2c(Cl)nc3ccccc3c21.O=P(Cl)(Cl)Cl.[Na+]. The zero-order valence-electron chi connectivity index (χ0n) is 37.6. The Labute approximate surface area is 471 Å². The number of fused-ring (bicyclic) bond motifs is 7. The summed E-state index contributed by atoms with van der Waals surface area (Å²) in [6.45, 7) is 0.972. The molecule has 1 aliphatic carbocycles. The van der Waals surface area contributed by atoms with Gasteiger partial charge >= 0.3 is 46.7 Å². The van der Waals surface area contributed by atoms with Crippen LogP contribution in [0.2, 0.25) is 20.2 Å². The topological polar surface area (TPSA) is 241 Å². The normalized spacial score (nSPS) is 11.3. The van der Waals surface area contributed by atoms with Gasteiger partial charge in [0.1, 0.15) is 5.15 Å². The maximum Gasteiger partial charge on any atom is 1.00 e. The number of halogens is 7. The zero-order valence-corrected chi connectivity index (χ0v) is 45.8. The Bertz CT molecular complexity index is 3510. The number of carbonyl (C=O) groups is 6. The van der Waals surface area contributed by atoms with Gasteiger partial charge in [-0.15, -0.1) is 0 Å². The largest absolute Gasteiger partial charge is 1.00 e. The first-order valence-electron chi connectivity index (χ1n) is 20.3. The van der Waals surface area contributed by atoms with E-state index in [0.717, 1.165) is 29.0 Å². The monoisotopic (exact) mass is 1150 g/mol. The number of ketones is 2. The molecule has 1 aliphatic heterocycles. The molecule has 0 radical (unpaired) electrons. The van der Waals surface area contributed by atoms with Crippen LogP contribution in [0, 0.1) is 0 Å². The van der Waals surface area contributed by atoms with Crippen molar-refractivity contribution in [3.8, 4) is 22.3 Å². The van der Waals surface area contributed by atoms with Crippen LogP contribution in [0.4, 0.5) is 5.69 Å². The van der Waals surface area contributed by atoms with Gasteiger partial charge in [0.05, 0.1) is 34.3 Å². The molecule has 0 atom stereocenters. The molecule has 0 saturated carbocycles. The summed E-state index contributed by atoms with van der Waals surface area (Å²) in [4.78, 5) is 84.6. The first kappa shape index (κ1) is 60.0. The number of para-hydroxylation sites is 3. The minimum atomic E-state index is -3.22. The van der Waals surface area contributed by atoms with Crippen molar-refractivity contribution in [1.82, 2.24) is 9.97 Å². The zero-order chi connectivity index (χ0) is 53.0. The number of anilines is 1. The van der Waals surface area contributed by atoms with E-state index in [1.54, 1.807) is 109 Å². The Morgan fingerprint density at radius 2 is 1.15 bits per heavy atom. The standard InChI is InChI=1S/C16H7Cl2NO.C16H10ClNO3.C8H7ClO2.C8H5NO2.C2H4O2.Cl3OP.Na/c17-8-5-6-9-11(7-8)15(20)13-10-3-1-2-4-12(10)19-16(18)14(9)13;17-10-7-5-9(6-8-10)13-14(16(20)21)11-3-1-2-4-12(11)18-15(13)19;9-7-3-1-6(2-4-7)5-8(10)11;10-7-5-3-1-2-4-6(5)9-8(7)11;1-2(3)4;1-5(2,3)4;/h1-7H;1-8H,(H,18,19)(H,20,21);1-4H,5H2,(H,10,11);1-4H,(H,9,10,11);1H3,(H,3,4);;/q;;;;;;+1/p-1. The smallest absolute Gasteiger partial charge is 0.550 e. The number of amides is 1. The summed E-state index contributed by atoms with van der Waals surface area (Å²) in [5.74, 6) is -4.07. The number of aliphatic carboxylic acids is 2. The van der Waals surface area contributed by atoms with Crippen LogP contribution in [0.5, 0.6) is 0 Å². The predicted molar refractivity (Wildman–Crippen MR) is 281 cm³/mol. The van der Waals surface area contributed by atoms with Crippen molar-refractivity contribution in [2.45, 2.75) is 13.3 Å². The molecule has 23 heteroatoms. The summed E-state index contributed by atoms with van der Waals surface area (Å²) in [7, 11) is 0. The van der Waals surface area contributed by atoms with Gasteiger partial charge in [-0.05, 0) is 118 Å². The second-order valence-corrected chi connectivity index (χ2v) is 23.0. The van der Waals surface area contributed by atoms with E-state index in [4.69, 9.17) is 61.4 Å². The first-order valence-corrected chi connectivity index (χ1v) is 26.2. The molecule has 10 rings (SSSR count). The van der Waals surface area contributed by atoms with Gasteiger partial charge in [0.2, 0.25) is 0 Å². The molecule has 8 aromatic rings. The summed E-state index contributed by atoms with van der Waals surface area (Å²) < 4.78 is 9.51. The van der Waals surface area contributed by atoms with Crippen LogP contribution >= 0.6 is 85.3 Å². The van der Waals surface area contributed by atoms with Crippen LogP contribution in [0.3, 0.4) is 0 Å². The Morgan fingerprint density at radius 3 is 1.73 bits per heavy atom. The number of nitrogens with zero attached hydrogens (tertiary/aromatic N) is 1. The summed E-state index contributed by atoms with van der Waals surface area (Å²) in [6.07, 6.45) is 0.0527. The number of aromatic carboxylic acids is 1. The van der Waals surface area contributed by atoms with E-state index >= 15 is 0 Å². The molecule has 0 unspecified atom stereocenters. The Balaban J connectivity index is 0.000000205. The van der Waals surface area contributed by atoms with Crippen LogP contribution < -0.4 is 45.5 Å². The summed E-state index contributed by atoms with van der Waals surface area (Å²) in [5, 5.41) is 29.4. The number of carboxylic acid groups (broad SMARTS) is 3. The summed E-state index contributed by atoms with van der Waals surface area (Å²) >= 11 is 37.6. The fourth-order valence-corrected chi connectivity index (χ4v) is 7.66. The number of pyridine rings is 2. The molecule has 0 spiro atoms. The molecule has 2 aromatic heterocycles. The molecule has 1 amide bonds. The molecule has 0 fully saturated rings. The fraction of sp³-hybridized carbons (Fsp3) is 0.0400. The minimum Gasteiger partial charge on any atom is -0.550 e. The van der Waals surface area contributed by atoms with E-state index in [1.165, 1.54) is 0 Å². The van der Waals surface area contributed by atoms with E-state index in [2.05, 4.69) is 49.0 Å². The first-order chi connectivity index (χ1) is 33.9. The number of rotatable bonds is 4. The Hall–Kier alpha value is -5.58. The van der Waals surface area contributed by atoms with E-state index < -0.39 is 40.4 Å². The molecule has 4 N–H and O–H groups in total. The Morgan fingerprint density at radius 1 is 0.630 bits per heavy atom. The molecule has 3 heterocycles. The molecule has 14 nitrogen and oxygen atoms in total. The third-order valence-electron chi connectivity index (χ3n) is 9.73. The fourth-order valence-electron chi connectivity index (χ4n) is 6.95. The van der Waals surface area contributed by atoms with E-state index in [1.807, 2.05) is 30.3 Å². The maximum absolute atomic E-state index is 12.7. The molecule has 6 aromatic carbocycles. The van der Waals surface area contributed by atoms with Crippen LogP contribution in [-0.2, 0) is 25.4 Å². The van der Waals surface area contributed by atoms with E-state index in [-0.39, 0.29) is 52.9 Å². The molecule has 0 saturated heterocycles. The number of hydrogen-bond acceptors (Lipinski definition) is 10. The number of aromatic nitrogens is 2. The number of hydrogen-bond donors (Lipinski definition) is 4. The molecule has 368 valence electrons. The molecular formula is C50H32Cl7N3NaO11P. The van der Waals surface area contributed by atoms with Crippen molar-refractivity contribution in [2.75, 3.05) is 5.32 Å². The third kappa shape index (κ3) is 16.7. The molecule has 2 aliphatic rings. The van der Waals surface area contributed by atoms with Gasteiger partial charge in [0, 0.05) is 54.0 Å². The van der Waals surface area contributed by atoms with Crippen molar-refractivity contribution in [3.05, 3.63) is 198 Å². The average molecular weight is 1150 g/mol. The van der Waals surface area contributed by atoms with Gasteiger partial charge in [-0.3, -0.25) is 28.5 Å². The van der Waals surface area contributed by atoms with Gasteiger partial charge < -0.3 is 30.4 Å². The van der Waals surface area contributed by atoms with Crippen molar-refractivity contribution >= 4 is 148 Å². The van der Waals surface area contributed by atoms with Crippen LogP contribution in [0.1, 0.15) is 49.1 Å². The second-order valence-electron chi connectivity index (χ2n) is 14.7. The van der Waals surface area contributed by atoms with Gasteiger partial charge in [0.15, 0.2) is 5.78 Å². The van der Waals surface area contributed by atoms with Gasteiger partial charge in [-0.25, -0.2) is 9.78 Å². The van der Waals surface area contributed by atoms with Crippen LogP contribution in [0.25, 0.3) is 44.1 Å². The predicted octanol–water partition coefficient (Wildman–Crippen LogP) is 9.66. The summed E-state index contributed by atoms with van der Waals surface area (Å²) in [5.41, 5.74) is 6.01. The number of H-pyrrole nitrogens is 1. The van der Waals surface area contributed by atoms with E-state index in [9.17, 15) is 38.4 Å². The van der Waals surface area contributed by atoms with Crippen LogP contribution in [-0.4, -0.2) is 55.6 Å². The number of Topliss-reactive ketones (excluding diaryl/α,β-unsaturated/α-hetero) is 1. The van der Waals surface area contributed by atoms with Crippen molar-refractivity contribution in [2.24, 2.45) is 0 Å². The Kier molecular flexibility index (Phi) is 22.3. The quantitative estimate of drug-likeness (QED) is 0.0557. The van der Waals surface area contributed by atoms with Gasteiger partial charge in [0.25, 0.3) is 17.2 Å². The number of aromatic amines is 1. The van der Waals surface area contributed by atoms with Gasteiger partial charge in [-0.2, -0.15) is 0 Å². The molecule has 73 heavy (non-hydrogen) atoms. The second kappa shape index (κ2) is 27.1.